The Morgan fingerprint density at radius 1 is 1.41 bits per heavy atom. The van der Waals surface area contributed by atoms with Gasteiger partial charge in [-0.2, -0.15) is 0 Å². The number of likely N-dealkylation sites (tertiary alicyclic amines) is 1. The molecule has 1 fully saturated rings. The molecule has 1 aromatic heterocycles. The Hall–Kier alpha value is -0.810. The summed E-state index contributed by atoms with van der Waals surface area (Å²) in [5.74, 6) is 0.926. The minimum Gasteiger partial charge on any atom is -0.368 e. The van der Waals surface area contributed by atoms with Gasteiger partial charge in [0.25, 0.3) is 0 Å². The molecule has 0 aliphatic carbocycles. The monoisotopic (exact) mass is 252 g/mol. The summed E-state index contributed by atoms with van der Waals surface area (Å²) in [6.45, 7) is 5.70. The van der Waals surface area contributed by atoms with Gasteiger partial charge in [-0.25, -0.2) is 9.97 Å². The van der Waals surface area contributed by atoms with Crippen molar-refractivity contribution < 1.29 is 0 Å². The first kappa shape index (κ1) is 12.6. The zero-order valence-corrected chi connectivity index (χ0v) is 11.3. The van der Waals surface area contributed by atoms with Crippen molar-refractivity contribution in [3.63, 3.8) is 0 Å². The van der Waals surface area contributed by atoms with Crippen molar-refractivity contribution in [1.29, 1.82) is 0 Å². The molecule has 2 rings (SSSR count). The largest absolute Gasteiger partial charge is 0.368 e. The van der Waals surface area contributed by atoms with Crippen LogP contribution < -0.4 is 5.32 Å². The van der Waals surface area contributed by atoms with Crippen LogP contribution in [0.15, 0.2) is 17.4 Å². The molecular formula is C12H20N4S. The minimum absolute atomic E-state index is 0.574. The summed E-state index contributed by atoms with van der Waals surface area (Å²) in [6, 6.07) is 2.58. The minimum atomic E-state index is 0.574. The quantitative estimate of drug-likeness (QED) is 0.642. The molecule has 1 atom stereocenters. The maximum atomic E-state index is 4.23. The standard InChI is InChI=1S/C12H20N4S/c1-10(16-5-3-4-6-16)8-13-11-7-12(17-2)15-9-14-11/h7,9-10H,3-6,8H2,1-2H3,(H,13,14,15). The Bertz CT molecular complexity index is 352. The number of rotatable bonds is 5. The molecule has 1 aliphatic heterocycles. The highest BCUT2D eigenvalue weighted by molar-refractivity contribution is 7.98. The van der Waals surface area contributed by atoms with Crippen LogP contribution in [0, 0.1) is 0 Å². The van der Waals surface area contributed by atoms with Gasteiger partial charge in [-0.05, 0) is 39.1 Å². The smallest absolute Gasteiger partial charge is 0.130 e. The first-order valence-electron chi connectivity index (χ1n) is 6.13. The second-order valence-electron chi connectivity index (χ2n) is 4.42. The van der Waals surface area contributed by atoms with Gasteiger partial charge in [0, 0.05) is 18.7 Å². The molecule has 0 aromatic carbocycles. The van der Waals surface area contributed by atoms with E-state index in [1.165, 1.54) is 25.9 Å². The molecule has 4 nitrogen and oxygen atoms in total. The fourth-order valence-corrected chi connectivity index (χ4v) is 2.49. The SMILES string of the molecule is CSc1cc(NCC(C)N2CCCC2)ncn1. The Balaban J connectivity index is 1.83. The first-order chi connectivity index (χ1) is 8.29. The number of nitrogens with zero attached hydrogens (tertiary/aromatic N) is 3. The molecule has 1 N–H and O–H groups in total. The molecule has 2 heterocycles. The highest BCUT2D eigenvalue weighted by Gasteiger charge is 2.17. The van der Waals surface area contributed by atoms with E-state index in [1.54, 1.807) is 18.1 Å². The van der Waals surface area contributed by atoms with Crippen molar-refractivity contribution in [2.75, 3.05) is 31.2 Å². The normalized spacial score (nSPS) is 18.2. The van der Waals surface area contributed by atoms with E-state index in [0.717, 1.165) is 17.4 Å². The van der Waals surface area contributed by atoms with E-state index in [4.69, 9.17) is 0 Å². The van der Waals surface area contributed by atoms with Crippen LogP contribution in [0.4, 0.5) is 5.82 Å². The van der Waals surface area contributed by atoms with Gasteiger partial charge in [-0.15, -0.1) is 11.8 Å². The lowest BCUT2D eigenvalue weighted by molar-refractivity contribution is 0.269. The van der Waals surface area contributed by atoms with Crippen molar-refractivity contribution in [1.82, 2.24) is 14.9 Å². The summed E-state index contributed by atoms with van der Waals surface area (Å²) in [4.78, 5) is 10.9. The highest BCUT2D eigenvalue weighted by Crippen LogP contribution is 2.15. The van der Waals surface area contributed by atoms with Gasteiger partial charge in [0.1, 0.15) is 17.2 Å². The molecule has 0 amide bonds. The molecule has 0 radical (unpaired) electrons. The number of hydrogen-bond acceptors (Lipinski definition) is 5. The Morgan fingerprint density at radius 3 is 2.88 bits per heavy atom. The van der Waals surface area contributed by atoms with Crippen LogP contribution in [-0.2, 0) is 0 Å². The number of aromatic nitrogens is 2. The average Bonchev–Trinajstić information content (AvgIpc) is 2.90. The highest BCUT2D eigenvalue weighted by atomic mass is 32.2. The third-order valence-corrected chi connectivity index (χ3v) is 3.84. The lowest BCUT2D eigenvalue weighted by Gasteiger charge is -2.24. The van der Waals surface area contributed by atoms with E-state index in [2.05, 4.69) is 27.1 Å². The Kier molecular flexibility index (Phi) is 4.62. The predicted octanol–water partition coefficient (Wildman–Crippen LogP) is 2.09. The number of anilines is 1. The van der Waals surface area contributed by atoms with E-state index in [1.807, 2.05) is 12.3 Å². The Morgan fingerprint density at radius 2 is 2.18 bits per heavy atom. The summed E-state index contributed by atoms with van der Waals surface area (Å²) in [7, 11) is 0. The second kappa shape index (κ2) is 6.21. The van der Waals surface area contributed by atoms with Crippen LogP contribution in [0.1, 0.15) is 19.8 Å². The summed E-state index contributed by atoms with van der Waals surface area (Å²) in [5, 5.41) is 4.40. The van der Waals surface area contributed by atoms with Crippen molar-refractivity contribution in [3.8, 4) is 0 Å². The lowest BCUT2D eigenvalue weighted by Crippen LogP contribution is -2.35. The maximum Gasteiger partial charge on any atom is 0.130 e. The lowest BCUT2D eigenvalue weighted by atomic mass is 10.3. The van der Waals surface area contributed by atoms with Gasteiger partial charge >= 0.3 is 0 Å². The van der Waals surface area contributed by atoms with E-state index >= 15 is 0 Å². The van der Waals surface area contributed by atoms with Crippen LogP contribution in [0.2, 0.25) is 0 Å². The third kappa shape index (κ3) is 3.57. The fraction of sp³-hybridized carbons (Fsp3) is 0.667. The number of nitrogens with one attached hydrogen (secondary N) is 1. The van der Waals surface area contributed by atoms with E-state index < -0.39 is 0 Å². The molecule has 1 saturated heterocycles. The van der Waals surface area contributed by atoms with Crippen molar-refractivity contribution >= 4 is 17.6 Å². The van der Waals surface area contributed by atoms with Gasteiger partial charge in [0.15, 0.2) is 0 Å². The molecule has 0 bridgehead atoms. The van der Waals surface area contributed by atoms with Crippen LogP contribution in [0.3, 0.4) is 0 Å². The first-order valence-corrected chi connectivity index (χ1v) is 7.36. The summed E-state index contributed by atoms with van der Waals surface area (Å²) < 4.78 is 0. The molecule has 1 aromatic rings. The van der Waals surface area contributed by atoms with Gasteiger partial charge < -0.3 is 5.32 Å². The van der Waals surface area contributed by atoms with Crippen molar-refractivity contribution in [2.24, 2.45) is 0 Å². The van der Waals surface area contributed by atoms with E-state index in [-0.39, 0.29) is 0 Å². The summed E-state index contributed by atoms with van der Waals surface area (Å²) >= 11 is 1.64. The van der Waals surface area contributed by atoms with E-state index in [9.17, 15) is 0 Å². The van der Waals surface area contributed by atoms with Gasteiger partial charge in [0.2, 0.25) is 0 Å². The van der Waals surface area contributed by atoms with E-state index in [0.29, 0.717) is 6.04 Å². The summed E-state index contributed by atoms with van der Waals surface area (Å²) in [5.41, 5.74) is 0. The predicted molar refractivity (Wildman–Crippen MR) is 72.6 cm³/mol. The van der Waals surface area contributed by atoms with Crippen molar-refractivity contribution in [3.05, 3.63) is 12.4 Å². The van der Waals surface area contributed by atoms with Crippen LogP contribution in [-0.4, -0.2) is 46.8 Å². The summed E-state index contributed by atoms with van der Waals surface area (Å²) in [6.07, 6.45) is 6.33. The molecule has 1 unspecified atom stereocenters. The van der Waals surface area contributed by atoms with Crippen LogP contribution in [0.5, 0.6) is 0 Å². The second-order valence-corrected chi connectivity index (χ2v) is 5.25. The zero-order valence-electron chi connectivity index (χ0n) is 10.5. The fourth-order valence-electron chi connectivity index (χ4n) is 2.11. The van der Waals surface area contributed by atoms with Crippen LogP contribution >= 0.6 is 11.8 Å². The van der Waals surface area contributed by atoms with Gasteiger partial charge in [-0.3, -0.25) is 4.90 Å². The van der Waals surface area contributed by atoms with Gasteiger partial charge in [0.05, 0.1) is 0 Å². The number of hydrogen-bond donors (Lipinski definition) is 1. The zero-order chi connectivity index (χ0) is 12.1. The molecule has 1 aliphatic rings. The Labute approximate surface area is 107 Å². The van der Waals surface area contributed by atoms with Gasteiger partial charge in [-0.1, -0.05) is 0 Å². The third-order valence-electron chi connectivity index (χ3n) is 3.19. The average molecular weight is 252 g/mol. The molecule has 5 heteroatoms. The van der Waals surface area contributed by atoms with Crippen LogP contribution in [0.25, 0.3) is 0 Å². The molecule has 17 heavy (non-hydrogen) atoms. The maximum absolute atomic E-state index is 4.23. The molecule has 0 spiro atoms. The van der Waals surface area contributed by atoms with Crippen molar-refractivity contribution in [2.45, 2.75) is 30.8 Å². The molecule has 94 valence electrons. The topological polar surface area (TPSA) is 41.0 Å². The number of thioether (sulfide) groups is 1. The molecule has 0 saturated carbocycles. The molecular weight excluding hydrogens is 232 g/mol.